The molecule has 1 aliphatic heterocycles. The van der Waals surface area contributed by atoms with Crippen molar-refractivity contribution in [1.82, 2.24) is 20.2 Å². The second kappa shape index (κ2) is 9.59. The van der Waals surface area contributed by atoms with Gasteiger partial charge in [0.1, 0.15) is 0 Å². The highest BCUT2D eigenvalue weighted by molar-refractivity contribution is 6.39. The Morgan fingerprint density at radius 3 is 2.42 bits per heavy atom. The van der Waals surface area contributed by atoms with Crippen LogP contribution in [0.15, 0.2) is 48.5 Å². The molecule has 9 heteroatoms. The minimum absolute atomic E-state index is 0.157. The first-order valence-corrected chi connectivity index (χ1v) is 13.1. The molecule has 0 unspecified atom stereocenters. The van der Waals surface area contributed by atoms with Crippen molar-refractivity contribution >= 4 is 61.3 Å². The van der Waals surface area contributed by atoms with Gasteiger partial charge in [0.25, 0.3) is 11.8 Å². The number of fused-ring (bicyclic) bond motifs is 10. The van der Waals surface area contributed by atoms with Crippen LogP contribution in [0.4, 0.5) is 0 Å². The Bertz CT molecular complexity index is 1750. The molecule has 0 saturated heterocycles. The lowest BCUT2D eigenvalue weighted by molar-refractivity contribution is -0.122. The highest BCUT2D eigenvalue weighted by Gasteiger charge is 2.35. The molecule has 2 aromatic heterocycles. The van der Waals surface area contributed by atoms with Crippen molar-refractivity contribution in [3.63, 3.8) is 0 Å². The largest absolute Gasteiger partial charge is 0.355 e. The van der Waals surface area contributed by atoms with Gasteiger partial charge in [-0.15, -0.1) is 0 Å². The van der Waals surface area contributed by atoms with E-state index in [1.165, 1.54) is 0 Å². The van der Waals surface area contributed by atoms with E-state index in [1.807, 2.05) is 48.5 Å². The summed E-state index contributed by atoms with van der Waals surface area (Å²) in [6.07, 6.45) is 2.96. The molecule has 5 aromatic rings. The van der Waals surface area contributed by atoms with Gasteiger partial charge in [-0.3, -0.25) is 19.7 Å². The van der Waals surface area contributed by atoms with Crippen LogP contribution in [0.3, 0.4) is 0 Å². The lowest BCUT2D eigenvalue weighted by Gasteiger charge is -2.13. The molecule has 3 heterocycles. The average Bonchev–Trinajstić information content (AvgIpc) is 3.55. The Balaban J connectivity index is 1.44. The molecular weight excluding hydrogens is 480 g/mol. The fraction of sp³-hybridized carbons (Fsp3) is 0.276. The van der Waals surface area contributed by atoms with E-state index in [0.717, 1.165) is 56.5 Å². The molecule has 3 amide bonds. The van der Waals surface area contributed by atoms with Gasteiger partial charge in [-0.1, -0.05) is 42.8 Å². The van der Waals surface area contributed by atoms with Crippen molar-refractivity contribution in [2.45, 2.75) is 38.3 Å². The van der Waals surface area contributed by atoms with Gasteiger partial charge < -0.3 is 26.3 Å². The number of amides is 3. The van der Waals surface area contributed by atoms with E-state index < -0.39 is 6.04 Å². The fourth-order valence-electron chi connectivity index (χ4n) is 5.78. The average molecular weight is 511 g/mol. The number of hydrogen-bond donors (Lipinski definition) is 5. The van der Waals surface area contributed by atoms with Gasteiger partial charge >= 0.3 is 0 Å². The number of hydrogen-bond acceptors (Lipinski definition) is 5. The summed E-state index contributed by atoms with van der Waals surface area (Å²) in [7, 11) is 0. The number of aryl methyl sites for hydroxylation is 1. The van der Waals surface area contributed by atoms with Crippen molar-refractivity contribution in [3.8, 4) is 0 Å². The molecule has 38 heavy (non-hydrogen) atoms. The van der Waals surface area contributed by atoms with E-state index in [9.17, 15) is 14.4 Å². The molecule has 0 bridgehead atoms. The standard InChI is InChI=1S/C29H30N6O3/c30-13-6-5-10-18(31)27(36)32-14-7-15-35-20-12-4-2-9-17(20)22-24-23(28(37)34-29(24)38)21-16-8-1-3-11-19(16)33-25(21)26(22)35/h1-4,8-9,11-12,18,33H,5-7,10,13-15,30-31H2,(H,32,36)(H,34,37,38)/t18-/m0/s1. The van der Waals surface area contributed by atoms with Crippen molar-refractivity contribution in [3.05, 3.63) is 59.7 Å². The minimum Gasteiger partial charge on any atom is -0.355 e. The molecule has 0 saturated carbocycles. The van der Waals surface area contributed by atoms with Crippen molar-refractivity contribution in [2.24, 2.45) is 11.5 Å². The zero-order chi connectivity index (χ0) is 26.4. The molecule has 1 aliphatic rings. The Morgan fingerprint density at radius 2 is 1.63 bits per heavy atom. The Labute approximate surface area is 218 Å². The molecule has 0 aliphatic carbocycles. The number of imide groups is 1. The van der Waals surface area contributed by atoms with Gasteiger partial charge in [0.05, 0.1) is 28.2 Å². The maximum atomic E-state index is 13.1. The summed E-state index contributed by atoms with van der Waals surface area (Å²) < 4.78 is 2.19. The highest BCUT2D eigenvalue weighted by atomic mass is 16.2. The Morgan fingerprint density at radius 1 is 0.921 bits per heavy atom. The van der Waals surface area contributed by atoms with Crippen LogP contribution in [-0.2, 0) is 11.3 Å². The number of carbonyl (C=O) groups excluding carboxylic acids is 3. The molecule has 0 radical (unpaired) electrons. The van der Waals surface area contributed by atoms with Crippen LogP contribution in [0.1, 0.15) is 46.4 Å². The summed E-state index contributed by atoms with van der Waals surface area (Å²) in [5.74, 6) is -0.903. The third-order valence-corrected chi connectivity index (χ3v) is 7.51. The smallest absolute Gasteiger partial charge is 0.259 e. The molecular formula is C29H30N6O3. The lowest BCUT2D eigenvalue weighted by atomic mass is 9.97. The topological polar surface area (TPSA) is 148 Å². The van der Waals surface area contributed by atoms with Crippen molar-refractivity contribution in [1.29, 1.82) is 0 Å². The summed E-state index contributed by atoms with van der Waals surface area (Å²) in [5, 5.41) is 8.81. The predicted molar refractivity (Wildman–Crippen MR) is 149 cm³/mol. The van der Waals surface area contributed by atoms with Crippen LogP contribution in [-0.4, -0.2) is 46.4 Å². The Hall–Kier alpha value is -4.21. The second-order valence-corrected chi connectivity index (χ2v) is 9.88. The second-order valence-electron chi connectivity index (χ2n) is 9.88. The number of aromatic amines is 1. The molecule has 1 atom stereocenters. The molecule has 0 fully saturated rings. The van der Waals surface area contributed by atoms with Crippen LogP contribution < -0.4 is 22.1 Å². The van der Waals surface area contributed by atoms with Gasteiger partial charge in [-0.2, -0.15) is 0 Å². The number of unbranched alkanes of at least 4 members (excludes halogenated alkanes) is 1. The molecule has 6 rings (SSSR count). The fourth-order valence-corrected chi connectivity index (χ4v) is 5.78. The normalized spacial score (nSPS) is 14.1. The van der Waals surface area contributed by atoms with Crippen LogP contribution >= 0.6 is 0 Å². The maximum Gasteiger partial charge on any atom is 0.259 e. The first kappa shape index (κ1) is 24.1. The summed E-state index contributed by atoms with van der Waals surface area (Å²) in [6, 6.07) is 15.2. The summed E-state index contributed by atoms with van der Waals surface area (Å²) >= 11 is 0. The molecule has 9 nitrogen and oxygen atoms in total. The Kier molecular flexibility index (Phi) is 6.09. The van der Waals surface area contributed by atoms with Crippen LogP contribution in [0.5, 0.6) is 0 Å². The number of aromatic nitrogens is 2. The van der Waals surface area contributed by atoms with Gasteiger partial charge in [-0.05, 0) is 37.9 Å². The molecule has 0 spiro atoms. The van der Waals surface area contributed by atoms with Crippen LogP contribution in [0, 0.1) is 0 Å². The van der Waals surface area contributed by atoms with Gasteiger partial charge in [0.15, 0.2) is 0 Å². The van der Waals surface area contributed by atoms with E-state index in [2.05, 4.69) is 20.2 Å². The number of benzene rings is 3. The summed E-state index contributed by atoms with van der Waals surface area (Å²) in [4.78, 5) is 42.1. The number of nitrogens with two attached hydrogens (primary N) is 2. The third kappa shape index (κ3) is 3.74. The monoisotopic (exact) mass is 510 g/mol. The lowest BCUT2D eigenvalue weighted by Crippen LogP contribution is -2.41. The zero-order valence-electron chi connectivity index (χ0n) is 21.0. The van der Waals surface area contributed by atoms with Crippen LogP contribution in [0.25, 0.3) is 43.6 Å². The van der Waals surface area contributed by atoms with E-state index in [-0.39, 0.29) is 17.7 Å². The van der Waals surface area contributed by atoms with Crippen LogP contribution in [0.2, 0.25) is 0 Å². The van der Waals surface area contributed by atoms with Crippen molar-refractivity contribution in [2.75, 3.05) is 13.1 Å². The number of para-hydroxylation sites is 2. The van der Waals surface area contributed by atoms with Gasteiger partial charge in [0, 0.05) is 45.7 Å². The number of rotatable bonds is 9. The number of carbonyl (C=O) groups is 3. The van der Waals surface area contributed by atoms with Crippen molar-refractivity contribution < 1.29 is 14.4 Å². The minimum atomic E-state index is -0.542. The predicted octanol–water partition coefficient (Wildman–Crippen LogP) is 3.28. The highest BCUT2D eigenvalue weighted by Crippen LogP contribution is 2.43. The molecule has 3 aromatic carbocycles. The van der Waals surface area contributed by atoms with E-state index in [1.54, 1.807) is 0 Å². The number of H-pyrrole nitrogens is 1. The van der Waals surface area contributed by atoms with Gasteiger partial charge in [-0.25, -0.2) is 0 Å². The zero-order valence-corrected chi connectivity index (χ0v) is 21.0. The first-order valence-electron chi connectivity index (χ1n) is 13.1. The summed E-state index contributed by atoms with van der Waals surface area (Å²) in [6.45, 7) is 1.67. The van der Waals surface area contributed by atoms with E-state index in [4.69, 9.17) is 11.5 Å². The molecule has 194 valence electrons. The maximum absolute atomic E-state index is 13.1. The number of nitrogens with zero attached hydrogens (tertiary/aromatic N) is 1. The first-order chi connectivity index (χ1) is 18.5. The summed E-state index contributed by atoms with van der Waals surface area (Å²) in [5.41, 5.74) is 16.0. The van der Waals surface area contributed by atoms with E-state index >= 15 is 0 Å². The molecule has 7 N–H and O–H groups in total. The van der Waals surface area contributed by atoms with Gasteiger partial charge in [0.2, 0.25) is 5.91 Å². The third-order valence-electron chi connectivity index (χ3n) is 7.51. The van der Waals surface area contributed by atoms with E-state index in [0.29, 0.717) is 43.6 Å². The SMILES string of the molecule is NCCCC[C@H](N)C(=O)NCCCn1c2ccccc2c2c3c(c4c5ccccc5[nH]c4c21)C(=O)NC3=O. The quantitative estimate of drug-likeness (QED) is 0.152. The number of nitrogens with one attached hydrogen (secondary N) is 3.